The second-order valence-corrected chi connectivity index (χ2v) is 5.10. The van der Waals surface area contributed by atoms with Gasteiger partial charge in [-0.3, -0.25) is 20.6 Å². The molecule has 7 nitrogen and oxygen atoms in total. The fourth-order valence-corrected chi connectivity index (χ4v) is 2.09. The van der Waals surface area contributed by atoms with Crippen LogP contribution in [0.5, 0.6) is 0 Å². The number of rotatable bonds is 4. The number of nitrogens with zero attached hydrogens (tertiary/aromatic N) is 1. The Labute approximate surface area is 147 Å². The number of aromatic nitrogens is 1. The molecule has 2 heterocycles. The first-order valence-corrected chi connectivity index (χ1v) is 7.46. The monoisotopic (exact) mass is 352 g/mol. The molecule has 130 valence electrons. The largest absolute Gasteiger partial charge is 0.459 e. The minimum atomic E-state index is -0.637. The molecular weight excluding hydrogens is 339 g/mol. The van der Waals surface area contributed by atoms with E-state index in [0.29, 0.717) is 5.69 Å². The lowest BCUT2D eigenvalue weighted by molar-refractivity contribution is 0.102. The van der Waals surface area contributed by atoms with Gasteiger partial charge in [-0.25, -0.2) is 4.39 Å². The topological polar surface area (TPSA) is 112 Å². The van der Waals surface area contributed by atoms with Gasteiger partial charge in [0.2, 0.25) is 5.90 Å². The van der Waals surface area contributed by atoms with Crippen molar-refractivity contribution < 1.29 is 18.3 Å². The fraction of sp³-hybridized carbons (Fsp3) is 0. The maximum Gasteiger partial charge on any atom is 0.258 e. The standard InChI is InChI=1S/C18H13FN4O3/c19-13-5-2-1-4-12(13)18(24)23-11-7-8-22-14(10-11)16(20)26-17(21)15-6-3-9-25-15/h1-10,20-21H,(H,22,23,24). The van der Waals surface area contributed by atoms with Gasteiger partial charge in [0.25, 0.3) is 11.8 Å². The van der Waals surface area contributed by atoms with E-state index in [1.54, 1.807) is 12.1 Å². The van der Waals surface area contributed by atoms with Gasteiger partial charge in [-0.15, -0.1) is 0 Å². The van der Waals surface area contributed by atoms with E-state index in [2.05, 4.69) is 10.3 Å². The Hall–Kier alpha value is -3.81. The van der Waals surface area contributed by atoms with Crippen LogP contribution in [0.25, 0.3) is 0 Å². The quantitative estimate of drug-likeness (QED) is 0.493. The Bertz CT molecular complexity index is 970. The first kappa shape index (κ1) is 17.0. The molecule has 0 saturated heterocycles. The zero-order chi connectivity index (χ0) is 18.5. The fourth-order valence-electron chi connectivity index (χ4n) is 2.09. The van der Waals surface area contributed by atoms with E-state index in [4.69, 9.17) is 20.0 Å². The molecule has 0 bridgehead atoms. The lowest BCUT2D eigenvalue weighted by Gasteiger charge is -2.09. The first-order chi connectivity index (χ1) is 12.5. The molecule has 0 radical (unpaired) electrons. The van der Waals surface area contributed by atoms with E-state index in [1.165, 1.54) is 48.9 Å². The summed E-state index contributed by atoms with van der Waals surface area (Å²) in [7, 11) is 0. The number of carbonyl (C=O) groups excluding carboxylic acids is 1. The van der Waals surface area contributed by atoms with Crippen molar-refractivity contribution in [2.75, 3.05) is 5.32 Å². The molecule has 3 rings (SSSR count). The molecule has 3 aromatic rings. The van der Waals surface area contributed by atoms with Crippen LogP contribution in [0, 0.1) is 16.6 Å². The van der Waals surface area contributed by atoms with Crippen molar-refractivity contribution in [3.63, 3.8) is 0 Å². The Kier molecular flexibility index (Phi) is 4.84. The summed E-state index contributed by atoms with van der Waals surface area (Å²) >= 11 is 0. The van der Waals surface area contributed by atoms with E-state index >= 15 is 0 Å². The van der Waals surface area contributed by atoms with E-state index in [0.717, 1.165) is 0 Å². The molecule has 0 unspecified atom stereocenters. The third kappa shape index (κ3) is 3.81. The summed E-state index contributed by atoms with van der Waals surface area (Å²) < 4.78 is 23.8. The number of halogens is 1. The Morgan fingerprint density at radius 3 is 2.65 bits per heavy atom. The van der Waals surface area contributed by atoms with Crippen molar-refractivity contribution in [2.45, 2.75) is 0 Å². The van der Waals surface area contributed by atoms with Gasteiger partial charge in [0, 0.05) is 11.9 Å². The average Bonchev–Trinajstić information content (AvgIpc) is 3.17. The van der Waals surface area contributed by atoms with Crippen LogP contribution in [0.15, 0.2) is 65.4 Å². The van der Waals surface area contributed by atoms with Crippen LogP contribution in [0.2, 0.25) is 0 Å². The van der Waals surface area contributed by atoms with Gasteiger partial charge >= 0.3 is 0 Å². The first-order valence-electron chi connectivity index (χ1n) is 7.46. The normalized spacial score (nSPS) is 10.2. The zero-order valence-corrected chi connectivity index (χ0v) is 13.3. The number of hydrogen-bond acceptors (Lipinski definition) is 6. The predicted molar refractivity (Wildman–Crippen MR) is 92.0 cm³/mol. The van der Waals surface area contributed by atoms with Gasteiger partial charge in [0.1, 0.15) is 11.5 Å². The van der Waals surface area contributed by atoms with Gasteiger partial charge < -0.3 is 14.5 Å². The van der Waals surface area contributed by atoms with Crippen molar-refractivity contribution >= 4 is 23.4 Å². The summed E-state index contributed by atoms with van der Waals surface area (Å²) in [6.07, 6.45) is 2.74. The lowest BCUT2D eigenvalue weighted by Crippen LogP contribution is -2.16. The number of pyridine rings is 1. The highest BCUT2D eigenvalue weighted by Crippen LogP contribution is 2.14. The molecule has 1 aromatic carbocycles. The van der Waals surface area contributed by atoms with E-state index in [9.17, 15) is 9.18 Å². The summed E-state index contributed by atoms with van der Waals surface area (Å²) in [5, 5.41) is 18.2. The molecule has 0 fully saturated rings. The van der Waals surface area contributed by atoms with Crippen LogP contribution in [0.1, 0.15) is 21.8 Å². The number of nitrogens with one attached hydrogen (secondary N) is 3. The minimum absolute atomic E-state index is 0.0904. The summed E-state index contributed by atoms with van der Waals surface area (Å²) in [5.74, 6) is -1.84. The van der Waals surface area contributed by atoms with Crippen molar-refractivity contribution in [1.29, 1.82) is 10.8 Å². The second-order valence-electron chi connectivity index (χ2n) is 5.10. The van der Waals surface area contributed by atoms with Gasteiger partial charge in [0.05, 0.1) is 11.8 Å². The van der Waals surface area contributed by atoms with Gasteiger partial charge in [-0.2, -0.15) is 0 Å². The van der Waals surface area contributed by atoms with Crippen LogP contribution in [0.3, 0.4) is 0 Å². The number of furan rings is 1. The van der Waals surface area contributed by atoms with Crippen LogP contribution in [-0.2, 0) is 4.74 Å². The minimum Gasteiger partial charge on any atom is -0.459 e. The number of hydrogen-bond donors (Lipinski definition) is 3. The third-order valence-electron chi connectivity index (χ3n) is 3.32. The Morgan fingerprint density at radius 2 is 1.92 bits per heavy atom. The number of carbonyl (C=O) groups is 1. The highest BCUT2D eigenvalue weighted by molar-refractivity contribution is 6.06. The number of ether oxygens (including phenoxy) is 1. The predicted octanol–water partition coefficient (Wildman–Crippen LogP) is 3.43. The summed E-state index contributed by atoms with van der Waals surface area (Å²) in [6.45, 7) is 0. The van der Waals surface area contributed by atoms with Gasteiger partial charge in [-0.1, -0.05) is 12.1 Å². The van der Waals surface area contributed by atoms with Crippen LogP contribution >= 0.6 is 0 Å². The molecule has 1 amide bonds. The van der Waals surface area contributed by atoms with E-state index in [1.807, 2.05) is 0 Å². The molecular formula is C18H13FN4O3. The Balaban J connectivity index is 1.72. The molecule has 0 aliphatic carbocycles. The van der Waals surface area contributed by atoms with E-state index < -0.39 is 17.6 Å². The number of benzene rings is 1. The van der Waals surface area contributed by atoms with Gasteiger partial charge in [-0.05, 0) is 36.4 Å². The third-order valence-corrected chi connectivity index (χ3v) is 3.32. The lowest BCUT2D eigenvalue weighted by atomic mass is 10.2. The van der Waals surface area contributed by atoms with E-state index in [-0.39, 0.29) is 22.9 Å². The highest BCUT2D eigenvalue weighted by Gasteiger charge is 2.14. The van der Waals surface area contributed by atoms with Crippen LogP contribution < -0.4 is 5.32 Å². The van der Waals surface area contributed by atoms with Crippen LogP contribution in [-0.4, -0.2) is 22.7 Å². The molecule has 26 heavy (non-hydrogen) atoms. The molecule has 0 aliphatic rings. The van der Waals surface area contributed by atoms with Crippen molar-refractivity contribution in [3.05, 3.63) is 83.8 Å². The number of anilines is 1. The van der Waals surface area contributed by atoms with Crippen molar-refractivity contribution in [2.24, 2.45) is 0 Å². The Morgan fingerprint density at radius 1 is 1.12 bits per heavy atom. The molecule has 0 spiro atoms. The highest BCUT2D eigenvalue weighted by atomic mass is 19.1. The summed E-state index contributed by atoms with van der Waals surface area (Å²) in [4.78, 5) is 16.1. The van der Waals surface area contributed by atoms with Gasteiger partial charge in [0.15, 0.2) is 5.76 Å². The van der Waals surface area contributed by atoms with Crippen molar-refractivity contribution in [3.8, 4) is 0 Å². The smallest absolute Gasteiger partial charge is 0.258 e. The molecule has 0 aliphatic heterocycles. The second kappa shape index (κ2) is 7.39. The zero-order valence-electron chi connectivity index (χ0n) is 13.3. The maximum absolute atomic E-state index is 13.7. The maximum atomic E-state index is 13.7. The molecule has 0 saturated carbocycles. The average molecular weight is 352 g/mol. The SMILES string of the molecule is N=C(OC(=N)c1ccco1)c1cc(NC(=O)c2ccccc2F)ccn1. The molecule has 2 aromatic heterocycles. The molecule has 0 atom stereocenters. The molecule has 3 N–H and O–H groups in total. The summed E-state index contributed by atoms with van der Waals surface area (Å²) in [6, 6.07) is 11.6. The number of amides is 1. The van der Waals surface area contributed by atoms with Crippen molar-refractivity contribution in [1.82, 2.24) is 4.98 Å². The van der Waals surface area contributed by atoms with Crippen LogP contribution in [0.4, 0.5) is 10.1 Å². The molecule has 8 heteroatoms. The summed E-state index contributed by atoms with van der Waals surface area (Å²) in [5.41, 5.74) is 0.297.